The Morgan fingerprint density at radius 2 is 1.79 bits per heavy atom. The van der Waals surface area contributed by atoms with Gasteiger partial charge in [-0.2, -0.15) is 4.99 Å². The quantitative estimate of drug-likeness (QED) is 0.205. The number of halogens is 3. The minimum absolute atomic E-state index is 0.0360. The molecule has 1 saturated carbocycles. The van der Waals surface area contributed by atoms with Gasteiger partial charge >= 0.3 is 12.4 Å². The molecule has 2 amide bonds. The topological polar surface area (TPSA) is 93.9 Å². The molecule has 2 atom stereocenters. The number of ether oxygens (including phenoxy) is 2. The highest BCUT2D eigenvalue weighted by molar-refractivity contribution is 8.14. The molecule has 0 radical (unpaired) electrons. The van der Waals surface area contributed by atoms with Crippen molar-refractivity contribution in [1.82, 2.24) is 20.1 Å². The molecule has 4 aromatic rings. The Balaban J connectivity index is 1.05. The zero-order valence-corrected chi connectivity index (χ0v) is 27.0. The van der Waals surface area contributed by atoms with Crippen LogP contribution >= 0.6 is 11.8 Å². The molecule has 0 spiro atoms. The molecule has 3 aromatic carbocycles. The first kappa shape index (κ1) is 32.4. The fraction of sp³-hybridized carbons (Fsp3) is 0.353. The van der Waals surface area contributed by atoms with Gasteiger partial charge in [0.2, 0.25) is 0 Å². The molecule has 1 N–H and O–H groups in total. The number of thioether (sulfide) groups is 1. The van der Waals surface area contributed by atoms with Gasteiger partial charge in [-0.05, 0) is 84.7 Å². The van der Waals surface area contributed by atoms with E-state index >= 15 is 0 Å². The molecule has 1 aliphatic carbocycles. The number of carbonyl (C=O) groups is 1. The SMILES string of the molecule is COc1ccc(N2CCS/C2=N\C(=O)NC2CCC(c3ccc(-c4ncn(-c5ccc(OC(F)(F)F)cc5)n4)cc3)C2)c(C(C)C)c1. The zero-order valence-electron chi connectivity index (χ0n) is 26.2. The number of benzene rings is 3. The molecule has 2 unspecified atom stereocenters. The van der Waals surface area contributed by atoms with Gasteiger partial charge in [-0.1, -0.05) is 49.9 Å². The van der Waals surface area contributed by atoms with Crippen LogP contribution in [-0.4, -0.2) is 57.8 Å². The van der Waals surface area contributed by atoms with Crippen molar-refractivity contribution in [3.63, 3.8) is 0 Å². The number of nitrogens with one attached hydrogen (secondary N) is 1. The Labute approximate surface area is 275 Å². The van der Waals surface area contributed by atoms with Crippen molar-refractivity contribution in [1.29, 1.82) is 0 Å². The molecule has 1 aliphatic heterocycles. The van der Waals surface area contributed by atoms with Crippen LogP contribution in [0, 0.1) is 0 Å². The maximum atomic E-state index is 13.0. The number of alkyl halides is 3. The van der Waals surface area contributed by atoms with E-state index in [-0.39, 0.29) is 23.7 Å². The van der Waals surface area contributed by atoms with Crippen LogP contribution in [-0.2, 0) is 0 Å². The largest absolute Gasteiger partial charge is 0.573 e. The van der Waals surface area contributed by atoms with Gasteiger partial charge in [0.1, 0.15) is 17.8 Å². The first-order valence-electron chi connectivity index (χ1n) is 15.4. The Morgan fingerprint density at radius 3 is 2.49 bits per heavy atom. The van der Waals surface area contributed by atoms with Crippen LogP contribution in [0.15, 0.2) is 78.0 Å². The van der Waals surface area contributed by atoms with Crippen LogP contribution in [0.25, 0.3) is 17.1 Å². The van der Waals surface area contributed by atoms with Crippen LogP contribution in [0.4, 0.5) is 23.7 Å². The van der Waals surface area contributed by atoms with Gasteiger partial charge in [-0.3, -0.25) is 0 Å². The van der Waals surface area contributed by atoms with E-state index in [0.29, 0.717) is 22.6 Å². The van der Waals surface area contributed by atoms with Gasteiger partial charge in [0, 0.05) is 29.6 Å². The molecule has 9 nitrogen and oxygen atoms in total. The van der Waals surface area contributed by atoms with Gasteiger partial charge in [-0.25, -0.2) is 14.5 Å². The lowest BCUT2D eigenvalue weighted by Crippen LogP contribution is -2.33. The van der Waals surface area contributed by atoms with E-state index in [2.05, 4.69) is 62.1 Å². The minimum atomic E-state index is -4.75. The highest BCUT2D eigenvalue weighted by atomic mass is 32.2. The number of hydrogen-bond acceptors (Lipinski definition) is 6. The molecule has 47 heavy (non-hydrogen) atoms. The van der Waals surface area contributed by atoms with E-state index in [1.165, 1.54) is 40.8 Å². The number of carbonyl (C=O) groups excluding carboxylic acids is 1. The summed E-state index contributed by atoms with van der Waals surface area (Å²) in [5.74, 6) is 2.45. The molecule has 1 aromatic heterocycles. The lowest BCUT2D eigenvalue weighted by molar-refractivity contribution is -0.274. The molecule has 13 heteroatoms. The second kappa shape index (κ2) is 13.7. The summed E-state index contributed by atoms with van der Waals surface area (Å²) in [6.45, 7) is 5.07. The predicted octanol–water partition coefficient (Wildman–Crippen LogP) is 7.92. The lowest BCUT2D eigenvalue weighted by Gasteiger charge is -2.23. The number of amides is 2. The zero-order chi connectivity index (χ0) is 33.1. The second-order valence-corrected chi connectivity index (χ2v) is 12.9. The predicted molar refractivity (Wildman–Crippen MR) is 177 cm³/mol. The van der Waals surface area contributed by atoms with Crippen LogP contribution < -0.4 is 19.7 Å². The van der Waals surface area contributed by atoms with Crippen LogP contribution in [0.2, 0.25) is 0 Å². The Morgan fingerprint density at radius 1 is 1.04 bits per heavy atom. The highest BCUT2D eigenvalue weighted by Crippen LogP contribution is 2.37. The standard InChI is InChI=1S/C34H35F3N6O3S/c1-21(2)29-19-28(45-3)14-15-30(29)42-16-17-47-33(42)40-32(44)39-25-9-8-24(18-25)22-4-6-23(7-5-22)31-38-20-43(41-31)26-10-12-27(13-11-26)46-34(35,36)37/h4-7,10-15,19-21,24-25H,8-9,16-18H2,1-3H3,(H,39,44)/b40-33-. The molecule has 6 rings (SSSR count). The fourth-order valence-corrected chi connectivity index (χ4v) is 6.97. The number of amidine groups is 1. The lowest BCUT2D eigenvalue weighted by atomic mass is 9.96. The van der Waals surface area contributed by atoms with Crippen molar-refractivity contribution in [3.8, 4) is 28.6 Å². The van der Waals surface area contributed by atoms with Gasteiger partial charge in [0.05, 0.1) is 12.8 Å². The van der Waals surface area contributed by atoms with E-state index in [1.54, 1.807) is 18.9 Å². The van der Waals surface area contributed by atoms with Gasteiger partial charge in [-0.15, -0.1) is 18.3 Å². The number of rotatable bonds is 8. The molecule has 1 saturated heterocycles. The summed E-state index contributed by atoms with van der Waals surface area (Å²) in [5.41, 5.74) is 4.76. The van der Waals surface area contributed by atoms with E-state index in [1.807, 2.05) is 24.3 Å². The highest BCUT2D eigenvalue weighted by Gasteiger charge is 2.31. The van der Waals surface area contributed by atoms with E-state index in [9.17, 15) is 18.0 Å². The number of methoxy groups -OCH3 is 1. The van der Waals surface area contributed by atoms with Crippen LogP contribution in [0.3, 0.4) is 0 Å². The number of urea groups is 1. The van der Waals surface area contributed by atoms with Crippen LogP contribution in [0.5, 0.6) is 11.5 Å². The molecule has 2 fully saturated rings. The van der Waals surface area contributed by atoms with E-state index < -0.39 is 6.36 Å². The number of anilines is 1. The first-order valence-corrected chi connectivity index (χ1v) is 16.4. The van der Waals surface area contributed by atoms with E-state index in [0.717, 1.165) is 54.1 Å². The molecular weight excluding hydrogens is 629 g/mol. The summed E-state index contributed by atoms with van der Waals surface area (Å²) in [4.78, 5) is 24.0. The molecular formula is C34H35F3N6O3S. The Hall–Kier alpha value is -4.52. The summed E-state index contributed by atoms with van der Waals surface area (Å²) in [6, 6.07) is 19.2. The maximum Gasteiger partial charge on any atom is 0.573 e. The second-order valence-electron chi connectivity index (χ2n) is 11.8. The Bertz CT molecular complexity index is 1740. The third-order valence-corrected chi connectivity index (χ3v) is 9.31. The summed E-state index contributed by atoms with van der Waals surface area (Å²) in [7, 11) is 1.66. The smallest absolute Gasteiger partial charge is 0.497 e. The maximum absolute atomic E-state index is 13.0. The monoisotopic (exact) mass is 664 g/mol. The summed E-state index contributed by atoms with van der Waals surface area (Å²) < 4.78 is 48.2. The van der Waals surface area contributed by atoms with Crippen molar-refractivity contribution in [2.24, 2.45) is 4.99 Å². The van der Waals surface area contributed by atoms with Crippen molar-refractivity contribution in [2.75, 3.05) is 24.3 Å². The average molecular weight is 665 g/mol. The normalized spacial score (nSPS) is 19.0. The number of hydrogen-bond donors (Lipinski definition) is 1. The third kappa shape index (κ3) is 7.73. The van der Waals surface area contributed by atoms with Gasteiger partial charge < -0.3 is 19.7 Å². The Kier molecular flexibility index (Phi) is 9.44. The van der Waals surface area contributed by atoms with Crippen molar-refractivity contribution in [3.05, 3.63) is 84.2 Å². The van der Waals surface area contributed by atoms with Crippen molar-refractivity contribution in [2.45, 2.75) is 57.3 Å². The molecule has 246 valence electrons. The van der Waals surface area contributed by atoms with Crippen LogP contribution in [0.1, 0.15) is 56.1 Å². The average Bonchev–Trinajstić information content (AvgIpc) is 3.82. The number of nitrogens with zero attached hydrogens (tertiary/aromatic N) is 5. The summed E-state index contributed by atoms with van der Waals surface area (Å²) >= 11 is 1.59. The van der Waals surface area contributed by atoms with Gasteiger partial charge in [0.25, 0.3) is 0 Å². The van der Waals surface area contributed by atoms with Gasteiger partial charge in [0.15, 0.2) is 11.0 Å². The van der Waals surface area contributed by atoms with Crippen molar-refractivity contribution >= 4 is 28.6 Å². The minimum Gasteiger partial charge on any atom is -0.497 e. The van der Waals surface area contributed by atoms with Crippen molar-refractivity contribution < 1.29 is 27.4 Å². The third-order valence-electron chi connectivity index (χ3n) is 8.35. The number of aliphatic imine (C=N–C) groups is 1. The van der Waals surface area contributed by atoms with E-state index in [4.69, 9.17) is 4.74 Å². The molecule has 2 aliphatic rings. The molecule has 0 bridgehead atoms. The molecule has 2 heterocycles. The summed E-state index contributed by atoms with van der Waals surface area (Å²) in [5, 5.41) is 8.33. The first-order chi connectivity index (χ1) is 22.6. The number of aromatic nitrogens is 3. The fourth-order valence-electron chi connectivity index (χ4n) is 6.02. The summed E-state index contributed by atoms with van der Waals surface area (Å²) in [6.07, 6.45) is -0.589.